The van der Waals surface area contributed by atoms with Crippen molar-refractivity contribution in [2.45, 2.75) is 19.3 Å². The third-order valence-corrected chi connectivity index (χ3v) is 5.31. The number of hydrogen-bond acceptors (Lipinski definition) is 4. The van der Waals surface area contributed by atoms with Gasteiger partial charge in [0, 0.05) is 30.3 Å². The van der Waals surface area contributed by atoms with Crippen LogP contribution in [-0.4, -0.2) is 54.4 Å². The fourth-order valence-corrected chi connectivity index (χ4v) is 3.63. The summed E-state index contributed by atoms with van der Waals surface area (Å²) in [6.07, 6.45) is 3.00. The van der Waals surface area contributed by atoms with Crippen LogP contribution in [-0.2, 0) is 16.0 Å². The number of carbonyl (C=O) groups excluding carboxylic acids is 2. The van der Waals surface area contributed by atoms with Crippen LogP contribution in [0.15, 0.2) is 24.3 Å². The molecule has 2 aliphatic rings. The predicted molar refractivity (Wildman–Crippen MR) is 98.3 cm³/mol. The Bertz CT molecular complexity index is 566. The Morgan fingerprint density at radius 3 is 2.50 bits per heavy atom. The Morgan fingerprint density at radius 2 is 1.83 bits per heavy atom. The molecule has 2 fully saturated rings. The highest BCUT2D eigenvalue weighted by atomic mass is 32.2. The highest BCUT2D eigenvalue weighted by molar-refractivity contribution is 7.99. The molecule has 0 bridgehead atoms. The topological polar surface area (TPSA) is 61.4 Å². The number of hydrogen-bond donors (Lipinski definition) is 2. The standard InChI is InChI=1S/C18H25N3O2S/c22-17(13-19-12-15-1-2-15)20-16-5-3-14(4-6-16)11-18(23)21-7-9-24-10-8-21/h3-6,15,19H,1-2,7-13H2,(H,20,22). The van der Waals surface area contributed by atoms with Crippen molar-refractivity contribution < 1.29 is 9.59 Å². The van der Waals surface area contributed by atoms with Gasteiger partial charge in [0.15, 0.2) is 0 Å². The SMILES string of the molecule is O=C(CNCC1CC1)Nc1ccc(CC(=O)N2CCSCC2)cc1. The first-order valence-electron chi connectivity index (χ1n) is 8.66. The van der Waals surface area contributed by atoms with E-state index in [0.717, 1.165) is 48.3 Å². The van der Waals surface area contributed by atoms with Gasteiger partial charge >= 0.3 is 0 Å². The van der Waals surface area contributed by atoms with Crippen molar-refractivity contribution in [1.82, 2.24) is 10.2 Å². The fourth-order valence-electron chi connectivity index (χ4n) is 2.72. The number of benzene rings is 1. The molecule has 0 radical (unpaired) electrons. The van der Waals surface area contributed by atoms with E-state index in [1.54, 1.807) is 0 Å². The van der Waals surface area contributed by atoms with Crippen LogP contribution in [0.1, 0.15) is 18.4 Å². The zero-order valence-electron chi connectivity index (χ0n) is 13.9. The summed E-state index contributed by atoms with van der Waals surface area (Å²) in [5, 5.41) is 6.06. The summed E-state index contributed by atoms with van der Waals surface area (Å²) in [5.74, 6) is 3.01. The van der Waals surface area contributed by atoms with E-state index in [1.165, 1.54) is 12.8 Å². The largest absolute Gasteiger partial charge is 0.341 e. The lowest BCUT2D eigenvalue weighted by Gasteiger charge is -2.26. The van der Waals surface area contributed by atoms with E-state index in [2.05, 4.69) is 10.6 Å². The normalized spacial score (nSPS) is 17.6. The predicted octanol–water partition coefficient (Wildman–Crippen LogP) is 1.74. The number of nitrogens with one attached hydrogen (secondary N) is 2. The molecule has 0 unspecified atom stereocenters. The van der Waals surface area contributed by atoms with Gasteiger partial charge in [0.2, 0.25) is 11.8 Å². The first kappa shape index (κ1) is 17.3. The molecule has 1 saturated heterocycles. The second kappa shape index (κ2) is 8.53. The van der Waals surface area contributed by atoms with Crippen molar-refractivity contribution in [3.05, 3.63) is 29.8 Å². The van der Waals surface area contributed by atoms with Gasteiger partial charge in [-0.15, -0.1) is 0 Å². The van der Waals surface area contributed by atoms with E-state index in [1.807, 2.05) is 40.9 Å². The molecular weight excluding hydrogens is 322 g/mol. The molecule has 24 heavy (non-hydrogen) atoms. The van der Waals surface area contributed by atoms with Gasteiger partial charge in [-0.3, -0.25) is 9.59 Å². The quantitative estimate of drug-likeness (QED) is 0.789. The molecule has 0 atom stereocenters. The van der Waals surface area contributed by atoms with E-state index in [4.69, 9.17) is 0 Å². The van der Waals surface area contributed by atoms with Crippen LogP contribution in [0.5, 0.6) is 0 Å². The molecule has 0 spiro atoms. The number of amides is 2. The second-order valence-electron chi connectivity index (χ2n) is 6.49. The highest BCUT2D eigenvalue weighted by Crippen LogP contribution is 2.27. The van der Waals surface area contributed by atoms with Crippen molar-refractivity contribution in [3.8, 4) is 0 Å². The van der Waals surface area contributed by atoms with Gasteiger partial charge < -0.3 is 15.5 Å². The second-order valence-corrected chi connectivity index (χ2v) is 7.71. The number of carbonyl (C=O) groups is 2. The minimum absolute atomic E-state index is 0.0229. The minimum atomic E-state index is -0.0229. The average Bonchev–Trinajstić information content (AvgIpc) is 3.42. The van der Waals surface area contributed by atoms with Crippen LogP contribution in [0.25, 0.3) is 0 Å². The van der Waals surface area contributed by atoms with Crippen LogP contribution in [0.3, 0.4) is 0 Å². The molecular formula is C18H25N3O2S. The lowest BCUT2D eigenvalue weighted by atomic mass is 10.1. The van der Waals surface area contributed by atoms with Gasteiger partial charge in [-0.1, -0.05) is 12.1 Å². The van der Waals surface area contributed by atoms with Gasteiger partial charge in [0.1, 0.15) is 0 Å². The van der Waals surface area contributed by atoms with Crippen LogP contribution in [0, 0.1) is 5.92 Å². The lowest BCUT2D eigenvalue weighted by Crippen LogP contribution is -2.38. The molecule has 130 valence electrons. The monoisotopic (exact) mass is 347 g/mol. The molecule has 1 heterocycles. The zero-order valence-corrected chi connectivity index (χ0v) is 14.7. The van der Waals surface area contributed by atoms with Gasteiger partial charge in [-0.25, -0.2) is 0 Å². The minimum Gasteiger partial charge on any atom is -0.341 e. The molecule has 6 heteroatoms. The molecule has 1 aliphatic heterocycles. The number of nitrogens with zero attached hydrogens (tertiary/aromatic N) is 1. The van der Waals surface area contributed by atoms with Gasteiger partial charge in [0.05, 0.1) is 13.0 Å². The molecule has 5 nitrogen and oxygen atoms in total. The Hall–Kier alpha value is -1.53. The average molecular weight is 347 g/mol. The highest BCUT2D eigenvalue weighted by Gasteiger charge is 2.20. The number of rotatable bonds is 7. The first-order valence-corrected chi connectivity index (χ1v) is 9.81. The Kier molecular flexibility index (Phi) is 6.15. The summed E-state index contributed by atoms with van der Waals surface area (Å²) in [7, 11) is 0. The molecule has 1 aromatic carbocycles. The van der Waals surface area contributed by atoms with E-state index >= 15 is 0 Å². The molecule has 1 saturated carbocycles. The Labute approximate surface area is 147 Å². The molecule has 2 amide bonds. The summed E-state index contributed by atoms with van der Waals surface area (Å²) >= 11 is 1.90. The van der Waals surface area contributed by atoms with Gasteiger partial charge in [-0.2, -0.15) is 11.8 Å². The molecule has 2 N–H and O–H groups in total. The summed E-state index contributed by atoms with van der Waals surface area (Å²) in [6, 6.07) is 7.58. The summed E-state index contributed by atoms with van der Waals surface area (Å²) in [6.45, 7) is 2.99. The van der Waals surface area contributed by atoms with Crippen molar-refractivity contribution in [2.75, 3.05) is 43.0 Å². The van der Waals surface area contributed by atoms with Crippen LogP contribution >= 0.6 is 11.8 Å². The van der Waals surface area contributed by atoms with E-state index in [-0.39, 0.29) is 11.8 Å². The summed E-state index contributed by atoms with van der Waals surface area (Å²) < 4.78 is 0. The van der Waals surface area contributed by atoms with Crippen LogP contribution in [0.2, 0.25) is 0 Å². The summed E-state index contributed by atoms with van der Waals surface area (Å²) in [4.78, 5) is 26.0. The first-order chi connectivity index (χ1) is 11.7. The molecule has 1 aromatic rings. The zero-order chi connectivity index (χ0) is 16.8. The maximum Gasteiger partial charge on any atom is 0.238 e. The van der Waals surface area contributed by atoms with Gasteiger partial charge in [-0.05, 0) is 43.0 Å². The van der Waals surface area contributed by atoms with Crippen molar-refractivity contribution in [3.63, 3.8) is 0 Å². The van der Waals surface area contributed by atoms with Crippen LogP contribution in [0.4, 0.5) is 5.69 Å². The Morgan fingerprint density at radius 1 is 1.12 bits per heavy atom. The van der Waals surface area contributed by atoms with Crippen molar-refractivity contribution in [1.29, 1.82) is 0 Å². The van der Waals surface area contributed by atoms with E-state index in [9.17, 15) is 9.59 Å². The van der Waals surface area contributed by atoms with E-state index < -0.39 is 0 Å². The molecule has 1 aliphatic carbocycles. The van der Waals surface area contributed by atoms with Crippen molar-refractivity contribution >= 4 is 29.3 Å². The fraction of sp³-hybridized carbons (Fsp3) is 0.556. The van der Waals surface area contributed by atoms with Crippen LogP contribution < -0.4 is 10.6 Å². The van der Waals surface area contributed by atoms with Crippen molar-refractivity contribution in [2.24, 2.45) is 5.92 Å². The molecule has 3 rings (SSSR count). The molecule has 0 aromatic heterocycles. The maximum absolute atomic E-state index is 12.2. The summed E-state index contributed by atoms with van der Waals surface area (Å²) in [5.41, 5.74) is 1.77. The third-order valence-electron chi connectivity index (χ3n) is 4.37. The van der Waals surface area contributed by atoms with E-state index in [0.29, 0.717) is 13.0 Å². The number of anilines is 1. The maximum atomic E-state index is 12.2. The Balaban J connectivity index is 1.42. The third kappa shape index (κ3) is 5.53. The number of thioether (sulfide) groups is 1. The lowest BCUT2D eigenvalue weighted by molar-refractivity contribution is -0.130. The smallest absolute Gasteiger partial charge is 0.238 e. The van der Waals surface area contributed by atoms with Gasteiger partial charge in [0.25, 0.3) is 0 Å².